The molecular weight excluding hydrogens is 255 g/mol. The van der Waals surface area contributed by atoms with E-state index in [4.69, 9.17) is 0 Å². The smallest absolute Gasteiger partial charge is 0.176 e. The van der Waals surface area contributed by atoms with E-state index in [9.17, 15) is 4.79 Å². The van der Waals surface area contributed by atoms with E-state index in [1.54, 1.807) is 6.92 Å². The minimum absolute atomic E-state index is 0.294. The van der Waals surface area contributed by atoms with Crippen LogP contribution in [0.4, 0.5) is 0 Å². The Balaban J connectivity index is 1.99. The van der Waals surface area contributed by atoms with Crippen LogP contribution < -0.4 is 5.46 Å². The van der Waals surface area contributed by atoms with Crippen molar-refractivity contribution in [2.24, 2.45) is 10.8 Å². The second-order valence-corrected chi connectivity index (χ2v) is 8.17. The Kier molecular flexibility index (Phi) is 4.65. The highest BCUT2D eigenvalue weighted by molar-refractivity contribution is 6.74. The first-order valence-electron chi connectivity index (χ1n) is 8.29. The molecule has 114 valence electrons. The summed E-state index contributed by atoms with van der Waals surface area (Å²) < 4.78 is 0. The zero-order chi connectivity index (χ0) is 15.7. The van der Waals surface area contributed by atoms with E-state index in [0.717, 1.165) is 12.8 Å². The van der Waals surface area contributed by atoms with Gasteiger partial charge >= 0.3 is 0 Å². The second kappa shape index (κ2) is 5.98. The molecule has 1 saturated heterocycles. The number of benzene rings is 1. The van der Waals surface area contributed by atoms with Crippen molar-refractivity contribution in [2.45, 2.75) is 66.5 Å². The van der Waals surface area contributed by atoms with Crippen LogP contribution in [0.2, 0.25) is 12.6 Å². The van der Waals surface area contributed by atoms with E-state index in [2.05, 4.69) is 52.0 Å². The molecule has 0 saturated carbocycles. The molecule has 1 aliphatic heterocycles. The third kappa shape index (κ3) is 3.78. The predicted molar refractivity (Wildman–Crippen MR) is 92.6 cm³/mol. The highest BCUT2D eigenvalue weighted by Crippen LogP contribution is 2.52. The molecule has 0 amide bonds. The molecule has 21 heavy (non-hydrogen) atoms. The van der Waals surface area contributed by atoms with Crippen LogP contribution in [0.3, 0.4) is 0 Å². The Bertz CT molecular complexity index is 483. The van der Waals surface area contributed by atoms with Crippen LogP contribution in [0.15, 0.2) is 24.3 Å². The van der Waals surface area contributed by atoms with Crippen LogP contribution in [0.1, 0.15) is 53.0 Å². The normalized spacial score (nSPS) is 19.8. The van der Waals surface area contributed by atoms with Crippen molar-refractivity contribution >= 4 is 18.0 Å². The van der Waals surface area contributed by atoms with Gasteiger partial charge in [0.2, 0.25) is 0 Å². The van der Waals surface area contributed by atoms with Crippen molar-refractivity contribution in [2.75, 3.05) is 0 Å². The first-order chi connectivity index (χ1) is 9.71. The number of rotatable bonds is 5. The van der Waals surface area contributed by atoms with Gasteiger partial charge in [-0.05, 0) is 36.2 Å². The molecule has 1 heterocycles. The third-order valence-corrected chi connectivity index (χ3v) is 5.79. The van der Waals surface area contributed by atoms with Crippen molar-refractivity contribution in [1.82, 2.24) is 0 Å². The Hall–Kier alpha value is -1.05. The zero-order valence-corrected chi connectivity index (χ0v) is 14.3. The van der Waals surface area contributed by atoms with Gasteiger partial charge in [0, 0.05) is 6.42 Å². The minimum atomic E-state index is 0.294. The number of Topliss-reactive ketones (excluding diaryl/α,β-unsaturated/α-hetero) is 1. The second-order valence-electron chi connectivity index (χ2n) is 8.17. The van der Waals surface area contributed by atoms with Gasteiger partial charge in [-0.1, -0.05) is 70.1 Å². The monoisotopic (exact) mass is 284 g/mol. The Labute approximate surface area is 130 Å². The summed E-state index contributed by atoms with van der Waals surface area (Å²) in [4.78, 5) is 11.0. The SMILES string of the molecule is CC(=O)CCCc1ccc(B2CC(C)(C)C(C)(C)C2)cc1. The Morgan fingerprint density at radius 1 is 1.05 bits per heavy atom. The first kappa shape index (κ1) is 16.3. The van der Waals surface area contributed by atoms with Crippen molar-refractivity contribution < 1.29 is 4.79 Å². The van der Waals surface area contributed by atoms with E-state index in [1.807, 2.05) is 0 Å². The van der Waals surface area contributed by atoms with Crippen molar-refractivity contribution in [3.8, 4) is 0 Å². The van der Waals surface area contributed by atoms with Crippen LogP contribution in [-0.4, -0.2) is 12.5 Å². The van der Waals surface area contributed by atoms with Crippen LogP contribution in [-0.2, 0) is 11.2 Å². The van der Waals surface area contributed by atoms with E-state index >= 15 is 0 Å². The molecule has 0 aliphatic carbocycles. The van der Waals surface area contributed by atoms with Crippen LogP contribution in [0, 0.1) is 10.8 Å². The molecule has 1 aromatic carbocycles. The van der Waals surface area contributed by atoms with Gasteiger partial charge in [-0.3, -0.25) is 0 Å². The molecule has 2 heteroatoms. The highest BCUT2D eigenvalue weighted by atomic mass is 16.1. The Morgan fingerprint density at radius 2 is 1.57 bits per heavy atom. The van der Waals surface area contributed by atoms with Crippen LogP contribution in [0.5, 0.6) is 0 Å². The average molecular weight is 284 g/mol. The third-order valence-electron chi connectivity index (χ3n) is 5.79. The molecule has 0 bridgehead atoms. The molecule has 0 atom stereocenters. The quantitative estimate of drug-likeness (QED) is 0.734. The fraction of sp³-hybridized carbons (Fsp3) is 0.632. The molecule has 1 aliphatic rings. The molecule has 1 fully saturated rings. The lowest BCUT2D eigenvalue weighted by molar-refractivity contribution is -0.117. The first-order valence-corrected chi connectivity index (χ1v) is 8.29. The predicted octanol–water partition coefficient (Wildman–Crippen LogP) is 4.37. The lowest BCUT2D eigenvalue weighted by atomic mass is 9.42. The summed E-state index contributed by atoms with van der Waals surface area (Å²) in [6, 6.07) is 9.14. The van der Waals surface area contributed by atoms with E-state index in [-0.39, 0.29) is 0 Å². The highest BCUT2D eigenvalue weighted by Gasteiger charge is 2.47. The van der Waals surface area contributed by atoms with E-state index in [0.29, 0.717) is 29.7 Å². The molecule has 0 radical (unpaired) electrons. The number of hydrogen-bond donors (Lipinski definition) is 0. The molecule has 1 nitrogen and oxygen atoms in total. The summed E-state index contributed by atoms with van der Waals surface area (Å²) in [6.07, 6.45) is 5.25. The molecule has 0 unspecified atom stereocenters. The standard InChI is InChI=1S/C19H29BO/c1-15(21)7-6-8-16-9-11-17(12-10-16)20-13-18(2,3)19(4,5)14-20/h9-12H,6-8,13-14H2,1-5H3. The molecular formula is C19H29BO. The summed E-state index contributed by atoms with van der Waals surface area (Å²) in [7, 11) is 0. The minimum Gasteiger partial charge on any atom is -0.300 e. The maximum atomic E-state index is 11.0. The molecule has 1 aromatic rings. The molecule has 0 N–H and O–H groups in total. The molecule has 0 spiro atoms. The number of ketones is 1. The number of carbonyl (C=O) groups is 1. The number of hydrogen-bond acceptors (Lipinski definition) is 1. The van der Waals surface area contributed by atoms with Crippen molar-refractivity contribution in [3.05, 3.63) is 29.8 Å². The van der Waals surface area contributed by atoms with Gasteiger partial charge in [0.1, 0.15) is 5.78 Å². The van der Waals surface area contributed by atoms with E-state index < -0.39 is 0 Å². The fourth-order valence-corrected chi connectivity index (χ4v) is 3.59. The summed E-state index contributed by atoms with van der Waals surface area (Å²) >= 11 is 0. The van der Waals surface area contributed by atoms with Gasteiger partial charge in [-0.2, -0.15) is 0 Å². The van der Waals surface area contributed by atoms with Gasteiger partial charge in [-0.15, -0.1) is 0 Å². The largest absolute Gasteiger partial charge is 0.300 e. The van der Waals surface area contributed by atoms with Crippen LogP contribution >= 0.6 is 0 Å². The number of aryl methyl sites for hydroxylation is 1. The summed E-state index contributed by atoms with van der Waals surface area (Å²) in [5.74, 6) is 0.294. The summed E-state index contributed by atoms with van der Waals surface area (Å²) in [6.45, 7) is 12.0. The van der Waals surface area contributed by atoms with Gasteiger partial charge in [0.15, 0.2) is 6.71 Å². The van der Waals surface area contributed by atoms with Crippen molar-refractivity contribution in [1.29, 1.82) is 0 Å². The average Bonchev–Trinajstić information content (AvgIpc) is 2.59. The van der Waals surface area contributed by atoms with Crippen LogP contribution in [0.25, 0.3) is 0 Å². The topological polar surface area (TPSA) is 17.1 Å². The van der Waals surface area contributed by atoms with Crippen molar-refractivity contribution in [3.63, 3.8) is 0 Å². The lowest BCUT2D eigenvalue weighted by Crippen LogP contribution is -2.27. The fourth-order valence-electron chi connectivity index (χ4n) is 3.59. The molecule has 2 rings (SSSR count). The van der Waals surface area contributed by atoms with Gasteiger partial charge < -0.3 is 4.79 Å². The lowest BCUT2D eigenvalue weighted by Gasteiger charge is -2.35. The van der Waals surface area contributed by atoms with E-state index in [1.165, 1.54) is 23.7 Å². The summed E-state index contributed by atoms with van der Waals surface area (Å²) in [5, 5.41) is 0. The Morgan fingerprint density at radius 3 is 2.05 bits per heavy atom. The molecule has 0 aromatic heterocycles. The zero-order valence-electron chi connectivity index (χ0n) is 14.3. The van der Waals surface area contributed by atoms with Gasteiger partial charge in [0.25, 0.3) is 0 Å². The maximum Gasteiger partial charge on any atom is 0.176 e. The van der Waals surface area contributed by atoms with Gasteiger partial charge in [-0.25, -0.2) is 0 Å². The maximum absolute atomic E-state index is 11.0. The van der Waals surface area contributed by atoms with Gasteiger partial charge in [0.05, 0.1) is 0 Å². The number of carbonyl (C=O) groups excluding carboxylic acids is 1. The summed E-state index contributed by atoms with van der Waals surface area (Å²) in [5.41, 5.74) is 3.68.